The van der Waals surface area contributed by atoms with Crippen LogP contribution in [0.5, 0.6) is 0 Å². The third kappa shape index (κ3) is 2.76. The summed E-state index contributed by atoms with van der Waals surface area (Å²) in [5.41, 5.74) is 0. The molecular formula is C13H25N2O+. The molecule has 2 saturated heterocycles. The van der Waals surface area contributed by atoms with Gasteiger partial charge < -0.3 is 10.2 Å². The molecule has 3 heteroatoms. The second-order valence-corrected chi connectivity index (χ2v) is 5.32. The van der Waals surface area contributed by atoms with Crippen molar-refractivity contribution in [3.63, 3.8) is 0 Å². The Morgan fingerprint density at radius 2 is 2.06 bits per heavy atom. The maximum atomic E-state index is 11.3. The van der Waals surface area contributed by atoms with Gasteiger partial charge in [-0.25, -0.2) is 0 Å². The first kappa shape index (κ1) is 11.9. The summed E-state index contributed by atoms with van der Waals surface area (Å²) in [4.78, 5) is 13.1. The van der Waals surface area contributed by atoms with Crippen LogP contribution in [-0.4, -0.2) is 31.6 Å². The molecule has 2 heterocycles. The van der Waals surface area contributed by atoms with Crippen molar-refractivity contribution in [2.45, 2.75) is 51.5 Å². The van der Waals surface area contributed by atoms with Crippen LogP contribution in [0.4, 0.5) is 0 Å². The highest BCUT2D eigenvalue weighted by atomic mass is 16.1. The zero-order valence-corrected chi connectivity index (χ0v) is 10.4. The molecule has 2 fully saturated rings. The van der Waals surface area contributed by atoms with Crippen molar-refractivity contribution >= 4 is 5.91 Å². The van der Waals surface area contributed by atoms with Crippen molar-refractivity contribution in [2.75, 3.05) is 19.6 Å². The monoisotopic (exact) mass is 225 g/mol. The number of carbonyl (C=O) groups excluding carboxylic acids is 1. The molecule has 2 N–H and O–H groups in total. The average molecular weight is 225 g/mol. The number of nitrogens with one attached hydrogen (secondary N) is 2. The van der Waals surface area contributed by atoms with E-state index in [1.54, 1.807) is 0 Å². The minimum Gasteiger partial charge on any atom is -0.356 e. The van der Waals surface area contributed by atoms with Crippen molar-refractivity contribution in [1.29, 1.82) is 0 Å². The molecule has 3 nitrogen and oxygen atoms in total. The largest absolute Gasteiger partial charge is 0.356 e. The second kappa shape index (κ2) is 5.67. The van der Waals surface area contributed by atoms with Gasteiger partial charge in [0.15, 0.2) is 0 Å². The predicted molar refractivity (Wildman–Crippen MR) is 64.4 cm³/mol. The Kier molecular flexibility index (Phi) is 4.22. The maximum Gasteiger partial charge on any atom is 0.219 e. The third-order valence-corrected chi connectivity index (χ3v) is 4.31. The van der Waals surface area contributed by atoms with E-state index in [2.05, 4.69) is 5.32 Å². The first-order valence-corrected chi connectivity index (χ1v) is 6.92. The topological polar surface area (TPSA) is 33.5 Å². The highest BCUT2D eigenvalue weighted by molar-refractivity contribution is 5.75. The number of rotatable bonds is 3. The quantitative estimate of drug-likeness (QED) is 0.714. The molecule has 0 aromatic heterocycles. The van der Waals surface area contributed by atoms with Gasteiger partial charge in [0.25, 0.3) is 0 Å². The van der Waals surface area contributed by atoms with Crippen LogP contribution in [0.1, 0.15) is 45.4 Å². The van der Waals surface area contributed by atoms with E-state index in [9.17, 15) is 4.79 Å². The minimum atomic E-state index is 0.211. The van der Waals surface area contributed by atoms with Crippen LogP contribution in [-0.2, 0) is 4.79 Å². The van der Waals surface area contributed by atoms with E-state index in [1.807, 2.05) is 11.8 Å². The fraction of sp³-hybridized carbons (Fsp3) is 0.923. The summed E-state index contributed by atoms with van der Waals surface area (Å²) in [7, 11) is 0. The standard InChI is InChI=1S/C13H24N2O/c1-2-13(16)14-10-11-6-5-9-15-8-4-3-7-12(11)15/h11-12H,2-10H2,1H3,(H,14,16)/p+1/t11-,12-/m0/s1. The summed E-state index contributed by atoms with van der Waals surface area (Å²) in [5, 5.41) is 3.08. The summed E-state index contributed by atoms with van der Waals surface area (Å²) in [5.74, 6) is 0.947. The van der Waals surface area contributed by atoms with Gasteiger partial charge in [0.2, 0.25) is 5.91 Å². The van der Waals surface area contributed by atoms with Gasteiger partial charge in [-0.2, -0.15) is 0 Å². The molecule has 2 aliphatic rings. The van der Waals surface area contributed by atoms with Gasteiger partial charge in [-0.3, -0.25) is 4.79 Å². The zero-order chi connectivity index (χ0) is 11.4. The van der Waals surface area contributed by atoms with Gasteiger partial charge >= 0.3 is 0 Å². The molecule has 0 spiro atoms. The molecule has 0 bridgehead atoms. The lowest BCUT2D eigenvalue weighted by atomic mass is 9.83. The van der Waals surface area contributed by atoms with Crippen LogP contribution >= 0.6 is 0 Å². The highest BCUT2D eigenvalue weighted by Gasteiger charge is 2.36. The predicted octanol–water partition coefficient (Wildman–Crippen LogP) is 0.360. The number of hydrogen-bond acceptors (Lipinski definition) is 1. The van der Waals surface area contributed by atoms with Crippen molar-refractivity contribution in [3.05, 3.63) is 0 Å². The molecular weight excluding hydrogens is 200 g/mol. The molecule has 1 unspecified atom stereocenters. The maximum absolute atomic E-state index is 11.3. The first-order valence-electron chi connectivity index (χ1n) is 6.92. The summed E-state index contributed by atoms with van der Waals surface area (Å²) < 4.78 is 0. The van der Waals surface area contributed by atoms with E-state index in [0.29, 0.717) is 6.42 Å². The fourth-order valence-electron chi connectivity index (χ4n) is 3.39. The Balaban J connectivity index is 1.85. The van der Waals surface area contributed by atoms with E-state index in [-0.39, 0.29) is 5.91 Å². The molecule has 0 aromatic rings. The molecule has 92 valence electrons. The smallest absolute Gasteiger partial charge is 0.219 e. The molecule has 0 aliphatic carbocycles. The van der Waals surface area contributed by atoms with Gasteiger partial charge in [0.05, 0.1) is 19.1 Å². The molecule has 0 saturated carbocycles. The molecule has 16 heavy (non-hydrogen) atoms. The van der Waals surface area contributed by atoms with Crippen LogP contribution in [0.15, 0.2) is 0 Å². The lowest BCUT2D eigenvalue weighted by Gasteiger charge is -2.41. The van der Waals surface area contributed by atoms with Gasteiger partial charge in [-0.05, 0) is 32.1 Å². The summed E-state index contributed by atoms with van der Waals surface area (Å²) >= 11 is 0. The fourth-order valence-corrected chi connectivity index (χ4v) is 3.39. The Hall–Kier alpha value is -0.570. The number of quaternary nitrogens is 1. The van der Waals surface area contributed by atoms with Crippen LogP contribution in [0.2, 0.25) is 0 Å². The molecule has 1 amide bonds. The summed E-state index contributed by atoms with van der Waals surface area (Å²) in [6, 6.07) is 0.833. The number of fused-ring (bicyclic) bond motifs is 1. The molecule has 2 aliphatic heterocycles. The number of amides is 1. The lowest BCUT2D eigenvalue weighted by molar-refractivity contribution is -0.939. The Labute approximate surface area is 98.6 Å². The number of carbonyl (C=O) groups is 1. The van der Waals surface area contributed by atoms with Gasteiger partial charge in [0.1, 0.15) is 0 Å². The highest BCUT2D eigenvalue weighted by Crippen LogP contribution is 2.19. The average Bonchev–Trinajstić information content (AvgIpc) is 2.35. The molecule has 2 rings (SSSR count). The normalized spacial score (nSPS) is 34.2. The Bertz CT molecular complexity index is 240. The van der Waals surface area contributed by atoms with Crippen LogP contribution in [0, 0.1) is 5.92 Å². The Morgan fingerprint density at radius 3 is 2.88 bits per heavy atom. The van der Waals surface area contributed by atoms with Crippen molar-refractivity contribution < 1.29 is 9.69 Å². The Morgan fingerprint density at radius 1 is 1.25 bits per heavy atom. The van der Waals surface area contributed by atoms with Gasteiger partial charge in [0, 0.05) is 18.9 Å². The van der Waals surface area contributed by atoms with Gasteiger partial charge in [-0.1, -0.05) is 6.92 Å². The van der Waals surface area contributed by atoms with Crippen LogP contribution in [0.3, 0.4) is 0 Å². The van der Waals surface area contributed by atoms with E-state index in [1.165, 1.54) is 45.2 Å². The second-order valence-electron chi connectivity index (χ2n) is 5.32. The van der Waals surface area contributed by atoms with E-state index in [4.69, 9.17) is 0 Å². The van der Waals surface area contributed by atoms with Gasteiger partial charge in [-0.15, -0.1) is 0 Å². The summed E-state index contributed by atoms with van der Waals surface area (Å²) in [6.45, 7) is 5.57. The number of piperidine rings is 2. The third-order valence-electron chi connectivity index (χ3n) is 4.31. The first-order chi connectivity index (χ1) is 7.81. The van der Waals surface area contributed by atoms with E-state index < -0.39 is 0 Å². The van der Waals surface area contributed by atoms with Crippen molar-refractivity contribution in [1.82, 2.24) is 5.32 Å². The van der Waals surface area contributed by atoms with Crippen molar-refractivity contribution in [2.24, 2.45) is 5.92 Å². The van der Waals surface area contributed by atoms with Crippen LogP contribution < -0.4 is 10.2 Å². The van der Waals surface area contributed by atoms with E-state index >= 15 is 0 Å². The summed E-state index contributed by atoms with van der Waals surface area (Å²) in [6.07, 6.45) is 7.46. The lowest BCUT2D eigenvalue weighted by Crippen LogP contribution is -3.18. The van der Waals surface area contributed by atoms with Crippen LogP contribution in [0.25, 0.3) is 0 Å². The molecule has 3 atom stereocenters. The SMILES string of the molecule is CCC(=O)NC[C@@H]1CCC[NH+]2CCCC[C@@H]12. The number of hydrogen-bond donors (Lipinski definition) is 2. The van der Waals surface area contributed by atoms with Crippen molar-refractivity contribution in [3.8, 4) is 0 Å². The van der Waals surface area contributed by atoms with E-state index in [0.717, 1.165) is 18.5 Å². The zero-order valence-electron chi connectivity index (χ0n) is 10.4. The molecule has 0 aromatic carbocycles. The molecule has 0 radical (unpaired) electrons. The minimum absolute atomic E-state index is 0.211.